The standard InChI is InChI=1S/C12H9BrN2O3/c13-8-1-3-10(4-2-8)18-11-5-9(6-12(16)17)14-7-15-11/h1-5,7H,6H2,(H,16,17). The highest BCUT2D eigenvalue weighted by Crippen LogP contribution is 2.21. The zero-order valence-electron chi connectivity index (χ0n) is 9.21. The summed E-state index contributed by atoms with van der Waals surface area (Å²) in [6, 6.07) is 8.76. The number of nitrogens with zero attached hydrogens (tertiary/aromatic N) is 2. The maximum absolute atomic E-state index is 10.6. The third kappa shape index (κ3) is 3.53. The van der Waals surface area contributed by atoms with Gasteiger partial charge in [-0.15, -0.1) is 0 Å². The van der Waals surface area contributed by atoms with Gasteiger partial charge in [-0.25, -0.2) is 9.97 Å². The first kappa shape index (κ1) is 12.5. The minimum atomic E-state index is -0.941. The van der Waals surface area contributed by atoms with Crippen LogP contribution in [0.3, 0.4) is 0 Å². The number of ether oxygens (including phenoxy) is 1. The first-order valence-electron chi connectivity index (χ1n) is 5.09. The lowest BCUT2D eigenvalue weighted by Gasteiger charge is -2.05. The summed E-state index contributed by atoms with van der Waals surface area (Å²) in [6.45, 7) is 0. The van der Waals surface area contributed by atoms with Gasteiger partial charge in [-0.3, -0.25) is 4.79 Å². The van der Waals surface area contributed by atoms with Crippen molar-refractivity contribution < 1.29 is 14.6 Å². The SMILES string of the molecule is O=C(O)Cc1cc(Oc2ccc(Br)cc2)ncn1. The van der Waals surface area contributed by atoms with E-state index in [2.05, 4.69) is 25.9 Å². The maximum atomic E-state index is 10.6. The van der Waals surface area contributed by atoms with Crippen molar-refractivity contribution in [3.8, 4) is 11.6 Å². The van der Waals surface area contributed by atoms with E-state index in [1.54, 1.807) is 12.1 Å². The van der Waals surface area contributed by atoms with Crippen LogP contribution in [0.25, 0.3) is 0 Å². The van der Waals surface area contributed by atoms with Gasteiger partial charge < -0.3 is 9.84 Å². The molecule has 2 aromatic rings. The zero-order chi connectivity index (χ0) is 13.0. The Kier molecular flexibility index (Phi) is 3.88. The average Bonchev–Trinajstić information content (AvgIpc) is 2.32. The van der Waals surface area contributed by atoms with Crippen molar-refractivity contribution in [1.82, 2.24) is 9.97 Å². The van der Waals surface area contributed by atoms with Crippen molar-refractivity contribution in [2.24, 2.45) is 0 Å². The molecule has 1 N–H and O–H groups in total. The fraction of sp³-hybridized carbons (Fsp3) is 0.0833. The number of carboxylic acid groups (broad SMARTS) is 1. The molecule has 1 aromatic heterocycles. The second-order valence-corrected chi connectivity index (χ2v) is 4.39. The van der Waals surface area contributed by atoms with Crippen LogP contribution >= 0.6 is 15.9 Å². The maximum Gasteiger partial charge on any atom is 0.309 e. The number of carbonyl (C=O) groups is 1. The van der Waals surface area contributed by atoms with E-state index in [-0.39, 0.29) is 6.42 Å². The minimum Gasteiger partial charge on any atom is -0.481 e. The molecule has 0 spiro atoms. The average molecular weight is 309 g/mol. The summed E-state index contributed by atoms with van der Waals surface area (Å²) in [5.41, 5.74) is 0.407. The van der Waals surface area contributed by atoms with Crippen LogP contribution < -0.4 is 4.74 Å². The molecule has 0 radical (unpaired) electrons. The lowest BCUT2D eigenvalue weighted by molar-refractivity contribution is -0.136. The highest BCUT2D eigenvalue weighted by molar-refractivity contribution is 9.10. The predicted octanol–water partition coefficient (Wildman–Crippen LogP) is 2.66. The van der Waals surface area contributed by atoms with Crippen molar-refractivity contribution in [2.45, 2.75) is 6.42 Å². The van der Waals surface area contributed by atoms with Crippen molar-refractivity contribution in [3.63, 3.8) is 0 Å². The molecule has 0 saturated heterocycles. The van der Waals surface area contributed by atoms with Gasteiger partial charge in [0.1, 0.15) is 12.1 Å². The quantitative estimate of drug-likeness (QED) is 0.940. The Morgan fingerprint density at radius 3 is 2.67 bits per heavy atom. The molecule has 1 heterocycles. The normalized spacial score (nSPS) is 10.1. The van der Waals surface area contributed by atoms with Crippen molar-refractivity contribution in [1.29, 1.82) is 0 Å². The highest BCUT2D eigenvalue weighted by atomic mass is 79.9. The third-order valence-electron chi connectivity index (χ3n) is 2.07. The van der Waals surface area contributed by atoms with Crippen LogP contribution in [0.5, 0.6) is 11.6 Å². The van der Waals surface area contributed by atoms with Gasteiger partial charge in [0, 0.05) is 10.5 Å². The van der Waals surface area contributed by atoms with E-state index in [1.807, 2.05) is 12.1 Å². The van der Waals surface area contributed by atoms with E-state index < -0.39 is 5.97 Å². The molecule has 0 atom stereocenters. The van der Waals surface area contributed by atoms with Gasteiger partial charge in [-0.2, -0.15) is 0 Å². The van der Waals surface area contributed by atoms with Crippen molar-refractivity contribution >= 4 is 21.9 Å². The molecule has 0 aliphatic rings. The Balaban J connectivity index is 2.13. The van der Waals surface area contributed by atoms with Gasteiger partial charge >= 0.3 is 5.97 Å². The molecule has 2 rings (SSSR count). The molecule has 0 aliphatic carbocycles. The molecular weight excluding hydrogens is 300 g/mol. The van der Waals surface area contributed by atoms with Gasteiger partial charge in [0.15, 0.2) is 0 Å². The van der Waals surface area contributed by atoms with E-state index in [9.17, 15) is 4.79 Å². The van der Waals surface area contributed by atoms with Crippen LogP contribution in [0.1, 0.15) is 5.69 Å². The van der Waals surface area contributed by atoms with E-state index in [0.29, 0.717) is 17.3 Å². The largest absolute Gasteiger partial charge is 0.481 e. The van der Waals surface area contributed by atoms with Crippen LogP contribution in [-0.4, -0.2) is 21.0 Å². The number of aromatic nitrogens is 2. The van der Waals surface area contributed by atoms with E-state index in [1.165, 1.54) is 12.4 Å². The first-order valence-corrected chi connectivity index (χ1v) is 5.89. The molecule has 5 nitrogen and oxygen atoms in total. The van der Waals surface area contributed by atoms with E-state index >= 15 is 0 Å². The molecular formula is C12H9BrN2O3. The number of rotatable bonds is 4. The zero-order valence-corrected chi connectivity index (χ0v) is 10.8. The molecule has 0 amide bonds. The van der Waals surface area contributed by atoms with Crippen LogP contribution in [0, 0.1) is 0 Å². The number of aliphatic carboxylic acids is 1. The van der Waals surface area contributed by atoms with Crippen LogP contribution in [0.2, 0.25) is 0 Å². The Bertz CT molecular complexity index is 558. The van der Waals surface area contributed by atoms with Gasteiger partial charge in [0.05, 0.1) is 12.1 Å². The van der Waals surface area contributed by atoms with E-state index in [0.717, 1.165) is 4.47 Å². The number of hydrogen-bond acceptors (Lipinski definition) is 4. The summed E-state index contributed by atoms with van der Waals surface area (Å²) >= 11 is 3.32. The number of halogens is 1. The molecule has 0 aliphatic heterocycles. The molecule has 0 fully saturated rings. The second-order valence-electron chi connectivity index (χ2n) is 3.47. The molecule has 1 aromatic carbocycles. The molecule has 0 bridgehead atoms. The molecule has 6 heteroatoms. The second kappa shape index (κ2) is 5.59. The van der Waals surface area contributed by atoms with Crippen molar-refractivity contribution in [3.05, 3.63) is 46.8 Å². The Morgan fingerprint density at radius 2 is 2.00 bits per heavy atom. The molecule has 0 saturated carbocycles. The van der Waals surface area contributed by atoms with Gasteiger partial charge in [0.2, 0.25) is 5.88 Å². The molecule has 92 valence electrons. The minimum absolute atomic E-state index is 0.154. The summed E-state index contributed by atoms with van der Waals surface area (Å²) in [5, 5.41) is 8.67. The topological polar surface area (TPSA) is 72.3 Å². The number of benzene rings is 1. The summed E-state index contributed by atoms with van der Waals surface area (Å²) in [6.07, 6.45) is 1.13. The Morgan fingerprint density at radius 1 is 1.28 bits per heavy atom. The predicted molar refractivity (Wildman–Crippen MR) is 67.6 cm³/mol. The lowest BCUT2D eigenvalue weighted by Crippen LogP contribution is -2.03. The summed E-state index contributed by atoms with van der Waals surface area (Å²) in [7, 11) is 0. The van der Waals surface area contributed by atoms with Crippen molar-refractivity contribution in [2.75, 3.05) is 0 Å². The van der Waals surface area contributed by atoms with Crippen LogP contribution in [0.4, 0.5) is 0 Å². The van der Waals surface area contributed by atoms with Gasteiger partial charge in [-0.05, 0) is 24.3 Å². The summed E-state index contributed by atoms with van der Waals surface area (Å²) in [4.78, 5) is 18.4. The molecule has 0 unspecified atom stereocenters. The Labute approximate surface area is 112 Å². The summed E-state index contributed by atoms with van der Waals surface area (Å²) < 4.78 is 6.44. The number of hydrogen-bond donors (Lipinski definition) is 1. The van der Waals surface area contributed by atoms with Gasteiger partial charge in [-0.1, -0.05) is 15.9 Å². The fourth-order valence-electron chi connectivity index (χ4n) is 1.31. The third-order valence-corrected chi connectivity index (χ3v) is 2.60. The van der Waals surface area contributed by atoms with Crippen LogP contribution in [-0.2, 0) is 11.2 Å². The van der Waals surface area contributed by atoms with E-state index in [4.69, 9.17) is 9.84 Å². The highest BCUT2D eigenvalue weighted by Gasteiger charge is 2.05. The first-order chi connectivity index (χ1) is 8.63. The molecule has 18 heavy (non-hydrogen) atoms. The van der Waals surface area contributed by atoms with Gasteiger partial charge in [0.25, 0.3) is 0 Å². The number of carboxylic acids is 1. The smallest absolute Gasteiger partial charge is 0.309 e. The van der Waals surface area contributed by atoms with Crippen LogP contribution in [0.15, 0.2) is 41.1 Å². The monoisotopic (exact) mass is 308 g/mol. The Hall–Kier alpha value is -1.95. The lowest BCUT2D eigenvalue weighted by atomic mass is 10.3. The fourth-order valence-corrected chi connectivity index (χ4v) is 1.57. The summed E-state index contributed by atoms with van der Waals surface area (Å²) in [5.74, 6) is 0.00467.